The third-order valence-electron chi connectivity index (χ3n) is 5.01. The molecule has 2 aromatic rings. The molecule has 2 aromatic heterocycles. The third-order valence-corrected chi connectivity index (χ3v) is 5.01. The van der Waals surface area contributed by atoms with Gasteiger partial charge in [-0.15, -0.1) is 0 Å². The smallest absolute Gasteiger partial charge is 0.243 e. The molecule has 1 aliphatic carbocycles. The first kappa shape index (κ1) is 16.3. The Labute approximate surface area is 147 Å². The predicted octanol–water partition coefficient (Wildman–Crippen LogP) is 2.10. The van der Waals surface area contributed by atoms with Crippen LogP contribution in [-0.4, -0.2) is 46.3 Å². The van der Waals surface area contributed by atoms with E-state index >= 15 is 0 Å². The summed E-state index contributed by atoms with van der Waals surface area (Å²) in [5, 5.41) is 10.7. The molecule has 2 atom stereocenters. The summed E-state index contributed by atoms with van der Waals surface area (Å²) in [6, 6.07) is 2.47. The summed E-state index contributed by atoms with van der Waals surface area (Å²) in [4.78, 5) is 15.5. The van der Waals surface area contributed by atoms with Crippen molar-refractivity contribution in [3.8, 4) is 0 Å². The summed E-state index contributed by atoms with van der Waals surface area (Å²) in [7, 11) is 1.87. The molecule has 0 radical (unpaired) electrons. The first-order valence-electron chi connectivity index (χ1n) is 9.08. The normalized spacial score (nSPS) is 21.5. The molecule has 2 aliphatic rings. The van der Waals surface area contributed by atoms with Gasteiger partial charge in [0.2, 0.25) is 5.89 Å². The summed E-state index contributed by atoms with van der Waals surface area (Å²) in [6.45, 7) is 3.96. The highest BCUT2D eigenvalue weighted by molar-refractivity contribution is 5.49. The van der Waals surface area contributed by atoms with Crippen LogP contribution in [0.3, 0.4) is 0 Å². The van der Waals surface area contributed by atoms with E-state index in [2.05, 4.69) is 42.6 Å². The molecule has 1 saturated carbocycles. The van der Waals surface area contributed by atoms with Crippen molar-refractivity contribution in [1.82, 2.24) is 25.4 Å². The van der Waals surface area contributed by atoms with Crippen molar-refractivity contribution >= 4 is 11.6 Å². The zero-order chi connectivity index (χ0) is 17.2. The van der Waals surface area contributed by atoms with Crippen LogP contribution in [0.25, 0.3) is 0 Å². The summed E-state index contributed by atoms with van der Waals surface area (Å²) in [5.74, 6) is 3.90. The predicted molar refractivity (Wildman–Crippen MR) is 94.6 cm³/mol. The Morgan fingerprint density at radius 1 is 1.32 bits per heavy atom. The Bertz CT molecular complexity index is 715. The number of hydrogen-bond donors (Lipinski definition) is 2. The maximum atomic E-state index is 5.42. The van der Waals surface area contributed by atoms with Crippen LogP contribution in [0.1, 0.15) is 56.3 Å². The fourth-order valence-corrected chi connectivity index (χ4v) is 3.32. The maximum absolute atomic E-state index is 5.42. The maximum Gasteiger partial charge on any atom is 0.243 e. The van der Waals surface area contributed by atoms with E-state index in [1.54, 1.807) is 6.33 Å². The molecule has 134 valence electrons. The van der Waals surface area contributed by atoms with E-state index in [1.807, 2.05) is 13.1 Å². The number of nitrogens with zero attached hydrogens (tertiary/aromatic N) is 5. The van der Waals surface area contributed by atoms with Crippen LogP contribution in [0.4, 0.5) is 11.6 Å². The molecule has 1 aliphatic heterocycles. The standard InChI is InChI=1S/C17H25N7O/c1-11(17-22-16(23-25-17)12-5-6-12)19-9-13-4-3-7-24(13)15-8-14(18-2)20-10-21-15/h8,10-13,19H,3-7,9H2,1-2H3,(H,18,20,21). The molecule has 0 aromatic carbocycles. The second-order valence-electron chi connectivity index (χ2n) is 6.90. The van der Waals surface area contributed by atoms with E-state index in [0.29, 0.717) is 17.9 Å². The number of hydrogen-bond acceptors (Lipinski definition) is 8. The van der Waals surface area contributed by atoms with E-state index in [4.69, 9.17) is 4.52 Å². The van der Waals surface area contributed by atoms with Crippen molar-refractivity contribution in [3.63, 3.8) is 0 Å². The van der Waals surface area contributed by atoms with Gasteiger partial charge in [0.05, 0.1) is 6.04 Å². The summed E-state index contributed by atoms with van der Waals surface area (Å²) in [6.07, 6.45) is 6.31. The van der Waals surface area contributed by atoms with E-state index in [9.17, 15) is 0 Å². The summed E-state index contributed by atoms with van der Waals surface area (Å²) in [5.41, 5.74) is 0. The van der Waals surface area contributed by atoms with Gasteiger partial charge < -0.3 is 20.1 Å². The lowest BCUT2D eigenvalue weighted by Crippen LogP contribution is -2.39. The van der Waals surface area contributed by atoms with Crippen LogP contribution < -0.4 is 15.5 Å². The number of anilines is 2. The van der Waals surface area contributed by atoms with Crippen LogP contribution in [0.5, 0.6) is 0 Å². The largest absolute Gasteiger partial charge is 0.373 e. The summed E-state index contributed by atoms with van der Waals surface area (Å²) < 4.78 is 5.42. The first-order valence-corrected chi connectivity index (χ1v) is 9.08. The Morgan fingerprint density at radius 3 is 3.00 bits per heavy atom. The van der Waals surface area contributed by atoms with Gasteiger partial charge in [0.15, 0.2) is 5.82 Å². The fraction of sp³-hybridized carbons (Fsp3) is 0.647. The monoisotopic (exact) mass is 343 g/mol. The molecule has 0 amide bonds. The lowest BCUT2D eigenvalue weighted by atomic mass is 10.2. The molecular formula is C17H25N7O. The highest BCUT2D eigenvalue weighted by Crippen LogP contribution is 2.38. The Morgan fingerprint density at radius 2 is 2.20 bits per heavy atom. The zero-order valence-electron chi connectivity index (χ0n) is 14.8. The SMILES string of the molecule is CNc1cc(N2CCCC2CNC(C)c2nc(C3CC3)no2)ncn1. The molecule has 3 heterocycles. The molecule has 25 heavy (non-hydrogen) atoms. The van der Waals surface area contributed by atoms with E-state index in [0.717, 1.165) is 37.0 Å². The molecule has 8 heteroatoms. The topological polar surface area (TPSA) is 92.0 Å². The van der Waals surface area contributed by atoms with Crippen LogP contribution in [0, 0.1) is 0 Å². The first-order chi connectivity index (χ1) is 12.2. The second-order valence-corrected chi connectivity index (χ2v) is 6.90. The van der Waals surface area contributed by atoms with Crippen molar-refractivity contribution in [2.75, 3.05) is 30.4 Å². The fourth-order valence-electron chi connectivity index (χ4n) is 3.32. The highest BCUT2D eigenvalue weighted by Gasteiger charge is 2.30. The van der Waals surface area contributed by atoms with Crippen molar-refractivity contribution in [2.24, 2.45) is 0 Å². The van der Waals surface area contributed by atoms with Gasteiger partial charge in [-0.1, -0.05) is 5.16 Å². The molecule has 4 rings (SSSR count). The summed E-state index contributed by atoms with van der Waals surface area (Å²) >= 11 is 0. The van der Waals surface area contributed by atoms with Gasteiger partial charge in [-0.3, -0.25) is 0 Å². The molecular weight excluding hydrogens is 318 g/mol. The van der Waals surface area contributed by atoms with Crippen molar-refractivity contribution < 1.29 is 4.52 Å². The lowest BCUT2D eigenvalue weighted by Gasteiger charge is -2.27. The minimum atomic E-state index is 0.0562. The van der Waals surface area contributed by atoms with Crippen LogP contribution in [0.15, 0.2) is 16.9 Å². The van der Waals surface area contributed by atoms with E-state index in [-0.39, 0.29) is 6.04 Å². The Hall–Kier alpha value is -2.22. The van der Waals surface area contributed by atoms with Gasteiger partial charge in [0.1, 0.15) is 18.0 Å². The zero-order valence-corrected chi connectivity index (χ0v) is 14.8. The molecule has 2 fully saturated rings. The number of rotatable bonds is 7. The van der Waals surface area contributed by atoms with E-state index in [1.165, 1.54) is 19.3 Å². The van der Waals surface area contributed by atoms with Crippen LogP contribution >= 0.6 is 0 Å². The molecule has 2 unspecified atom stereocenters. The van der Waals surface area contributed by atoms with Gasteiger partial charge in [-0.25, -0.2) is 9.97 Å². The van der Waals surface area contributed by atoms with Gasteiger partial charge in [-0.05, 0) is 32.6 Å². The van der Waals surface area contributed by atoms with Gasteiger partial charge >= 0.3 is 0 Å². The molecule has 2 N–H and O–H groups in total. The average Bonchev–Trinajstić information content (AvgIpc) is 3.19. The highest BCUT2D eigenvalue weighted by atomic mass is 16.5. The Kier molecular flexibility index (Phi) is 4.52. The van der Waals surface area contributed by atoms with Crippen LogP contribution in [0.2, 0.25) is 0 Å². The Balaban J connectivity index is 1.37. The number of nitrogens with one attached hydrogen (secondary N) is 2. The van der Waals surface area contributed by atoms with Crippen molar-refractivity contribution in [1.29, 1.82) is 0 Å². The van der Waals surface area contributed by atoms with Gasteiger partial charge in [0.25, 0.3) is 0 Å². The second kappa shape index (κ2) is 6.95. The minimum Gasteiger partial charge on any atom is -0.373 e. The lowest BCUT2D eigenvalue weighted by molar-refractivity contribution is 0.333. The van der Waals surface area contributed by atoms with E-state index < -0.39 is 0 Å². The molecule has 0 spiro atoms. The third kappa shape index (κ3) is 3.58. The number of aromatic nitrogens is 4. The molecule has 0 bridgehead atoms. The minimum absolute atomic E-state index is 0.0562. The van der Waals surface area contributed by atoms with Crippen molar-refractivity contribution in [3.05, 3.63) is 24.1 Å². The average molecular weight is 343 g/mol. The van der Waals surface area contributed by atoms with Gasteiger partial charge in [0, 0.05) is 38.2 Å². The molecule has 8 nitrogen and oxygen atoms in total. The van der Waals surface area contributed by atoms with Crippen LogP contribution in [-0.2, 0) is 0 Å². The molecule has 1 saturated heterocycles. The van der Waals surface area contributed by atoms with Gasteiger partial charge in [-0.2, -0.15) is 4.98 Å². The quantitative estimate of drug-likeness (QED) is 0.790. The van der Waals surface area contributed by atoms with Crippen molar-refractivity contribution in [2.45, 2.75) is 50.6 Å².